The van der Waals surface area contributed by atoms with Crippen LogP contribution >= 0.6 is 11.3 Å². The van der Waals surface area contributed by atoms with Gasteiger partial charge in [0.15, 0.2) is 0 Å². The third kappa shape index (κ3) is 2.37. The van der Waals surface area contributed by atoms with Crippen molar-refractivity contribution in [3.8, 4) is 10.4 Å². The second kappa shape index (κ2) is 4.94. The summed E-state index contributed by atoms with van der Waals surface area (Å²) >= 11 is 1.41. The van der Waals surface area contributed by atoms with E-state index in [1.807, 2.05) is 13.1 Å². The van der Waals surface area contributed by atoms with Gasteiger partial charge in [-0.25, -0.2) is 8.78 Å². The van der Waals surface area contributed by atoms with E-state index in [0.29, 0.717) is 17.0 Å². The SMILES string of the molecule is CNCc1ccc(-c2c(F)ccc(C)c2F)s1. The number of hydrogen-bond donors (Lipinski definition) is 1. The highest BCUT2D eigenvalue weighted by Gasteiger charge is 2.15. The molecule has 1 N–H and O–H groups in total. The number of halogens is 2. The van der Waals surface area contributed by atoms with Gasteiger partial charge in [-0.15, -0.1) is 11.3 Å². The Morgan fingerprint density at radius 2 is 1.94 bits per heavy atom. The minimum absolute atomic E-state index is 0.0809. The highest BCUT2D eigenvalue weighted by molar-refractivity contribution is 7.15. The second-order valence-corrected chi connectivity index (χ2v) is 5.02. The van der Waals surface area contributed by atoms with E-state index in [1.165, 1.54) is 23.5 Å². The van der Waals surface area contributed by atoms with Crippen molar-refractivity contribution >= 4 is 11.3 Å². The molecule has 2 rings (SSSR count). The molecular weight excluding hydrogens is 240 g/mol. The van der Waals surface area contributed by atoms with E-state index in [0.717, 1.165) is 4.88 Å². The number of aryl methyl sites for hydroxylation is 1. The van der Waals surface area contributed by atoms with Gasteiger partial charge in [0.25, 0.3) is 0 Å². The molecular formula is C13H13F2NS. The Morgan fingerprint density at radius 3 is 2.65 bits per heavy atom. The van der Waals surface area contributed by atoms with Crippen molar-refractivity contribution < 1.29 is 8.78 Å². The van der Waals surface area contributed by atoms with Gasteiger partial charge in [-0.1, -0.05) is 6.07 Å². The van der Waals surface area contributed by atoms with Crippen molar-refractivity contribution in [1.82, 2.24) is 5.32 Å². The summed E-state index contributed by atoms with van der Waals surface area (Å²) in [6, 6.07) is 6.41. The lowest BCUT2D eigenvalue weighted by Crippen LogP contribution is -2.02. The molecule has 0 saturated heterocycles. The summed E-state index contributed by atoms with van der Waals surface area (Å²) in [5, 5.41) is 3.01. The van der Waals surface area contributed by atoms with Crippen LogP contribution in [0.3, 0.4) is 0 Å². The first-order valence-electron chi connectivity index (χ1n) is 5.31. The molecule has 0 aliphatic carbocycles. The molecule has 1 nitrogen and oxygen atoms in total. The lowest BCUT2D eigenvalue weighted by molar-refractivity contribution is 0.584. The molecule has 1 aromatic heterocycles. The predicted molar refractivity (Wildman–Crippen MR) is 67.2 cm³/mol. The summed E-state index contributed by atoms with van der Waals surface area (Å²) in [7, 11) is 1.84. The summed E-state index contributed by atoms with van der Waals surface area (Å²) in [4.78, 5) is 1.69. The minimum Gasteiger partial charge on any atom is -0.315 e. The second-order valence-electron chi connectivity index (χ2n) is 3.85. The van der Waals surface area contributed by atoms with Gasteiger partial charge in [0.05, 0.1) is 5.56 Å². The maximum atomic E-state index is 13.9. The molecule has 1 aromatic carbocycles. The van der Waals surface area contributed by atoms with Crippen LogP contribution in [0.1, 0.15) is 10.4 Å². The Kier molecular flexibility index (Phi) is 3.54. The number of hydrogen-bond acceptors (Lipinski definition) is 2. The fourth-order valence-electron chi connectivity index (χ4n) is 1.66. The zero-order valence-corrected chi connectivity index (χ0v) is 10.5. The topological polar surface area (TPSA) is 12.0 Å². The highest BCUT2D eigenvalue weighted by Crippen LogP contribution is 2.33. The largest absolute Gasteiger partial charge is 0.315 e. The lowest BCUT2D eigenvalue weighted by atomic mass is 10.1. The van der Waals surface area contributed by atoms with Crippen molar-refractivity contribution in [2.75, 3.05) is 7.05 Å². The van der Waals surface area contributed by atoms with Gasteiger partial charge in [0.2, 0.25) is 0 Å². The molecule has 90 valence electrons. The summed E-state index contributed by atoms with van der Waals surface area (Å²) < 4.78 is 27.6. The first kappa shape index (κ1) is 12.2. The average Bonchev–Trinajstić information content (AvgIpc) is 2.73. The molecule has 1 heterocycles. The van der Waals surface area contributed by atoms with Crippen LogP contribution in [-0.4, -0.2) is 7.05 Å². The quantitative estimate of drug-likeness (QED) is 0.879. The first-order valence-corrected chi connectivity index (χ1v) is 6.13. The molecule has 0 radical (unpaired) electrons. The Morgan fingerprint density at radius 1 is 1.18 bits per heavy atom. The van der Waals surface area contributed by atoms with Crippen LogP contribution in [0.4, 0.5) is 8.78 Å². The zero-order chi connectivity index (χ0) is 12.4. The molecule has 17 heavy (non-hydrogen) atoms. The molecule has 0 unspecified atom stereocenters. The van der Waals surface area contributed by atoms with E-state index in [2.05, 4.69) is 5.32 Å². The first-order chi connectivity index (χ1) is 8.13. The smallest absolute Gasteiger partial charge is 0.137 e. The summed E-state index contributed by atoms with van der Waals surface area (Å²) in [6.07, 6.45) is 0. The Balaban J connectivity index is 2.48. The van der Waals surface area contributed by atoms with Gasteiger partial charge in [-0.2, -0.15) is 0 Å². The normalized spacial score (nSPS) is 10.8. The van der Waals surface area contributed by atoms with E-state index in [1.54, 1.807) is 13.0 Å². The van der Waals surface area contributed by atoms with Crippen molar-refractivity contribution in [3.05, 3.63) is 46.3 Å². The van der Waals surface area contributed by atoms with E-state index in [9.17, 15) is 8.78 Å². The van der Waals surface area contributed by atoms with Crippen LogP contribution in [0.5, 0.6) is 0 Å². The standard InChI is InChI=1S/C13H13F2NS/c1-8-3-5-10(14)12(13(8)15)11-6-4-9(17-11)7-16-2/h3-6,16H,7H2,1-2H3. The van der Waals surface area contributed by atoms with Crippen LogP contribution in [0.15, 0.2) is 24.3 Å². The van der Waals surface area contributed by atoms with Crippen molar-refractivity contribution in [1.29, 1.82) is 0 Å². The predicted octanol–water partition coefficient (Wildman–Crippen LogP) is 3.72. The number of nitrogens with one attached hydrogen (secondary N) is 1. The Hall–Kier alpha value is -1.26. The van der Waals surface area contributed by atoms with Crippen molar-refractivity contribution in [2.45, 2.75) is 13.5 Å². The number of benzene rings is 1. The maximum Gasteiger partial charge on any atom is 0.137 e. The fraction of sp³-hybridized carbons (Fsp3) is 0.231. The van der Waals surface area contributed by atoms with Crippen molar-refractivity contribution in [2.24, 2.45) is 0 Å². The summed E-state index contributed by atoms with van der Waals surface area (Å²) in [5.41, 5.74) is 0.544. The average molecular weight is 253 g/mol. The molecule has 0 aliphatic heterocycles. The van der Waals surface area contributed by atoms with E-state index < -0.39 is 11.6 Å². The molecule has 0 bridgehead atoms. The molecule has 2 aromatic rings. The molecule has 4 heteroatoms. The lowest BCUT2D eigenvalue weighted by Gasteiger charge is -2.04. The third-order valence-electron chi connectivity index (χ3n) is 2.54. The van der Waals surface area contributed by atoms with Gasteiger partial charge in [-0.05, 0) is 37.7 Å². The fourth-order valence-corrected chi connectivity index (χ4v) is 2.72. The van der Waals surface area contributed by atoms with Gasteiger partial charge < -0.3 is 5.32 Å². The third-order valence-corrected chi connectivity index (χ3v) is 3.65. The Labute approximate surface area is 103 Å². The highest BCUT2D eigenvalue weighted by atomic mass is 32.1. The van der Waals surface area contributed by atoms with Crippen LogP contribution in [0, 0.1) is 18.6 Å². The molecule has 0 fully saturated rings. The molecule has 0 aliphatic rings. The molecule has 0 spiro atoms. The maximum absolute atomic E-state index is 13.9. The summed E-state index contributed by atoms with van der Waals surface area (Å²) in [5.74, 6) is -0.978. The van der Waals surface area contributed by atoms with Gasteiger partial charge in [-0.3, -0.25) is 0 Å². The molecule has 0 amide bonds. The van der Waals surface area contributed by atoms with E-state index in [-0.39, 0.29) is 5.56 Å². The van der Waals surface area contributed by atoms with Gasteiger partial charge >= 0.3 is 0 Å². The van der Waals surface area contributed by atoms with E-state index >= 15 is 0 Å². The molecule has 0 atom stereocenters. The zero-order valence-electron chi connectivity index (χ0n) is 9.68. The van der Waals surface area contributed by atoms with Crippen LogP contribution in [-0.2, 0) is 6.54 Å². The Bertz CT molecular complexity index is 534. The van der Waals surface area contributed by atoms with Crippen LogP contribution in [0.2, 0.25) is 0 Å². The van der Waals surface area contributed by atoms with Crippen LogP contribution in [0.25, 0.3) is 10.4 Å². The van der Waals surface area contributed by atoms with Crippen LogP contribution < -0.4 is 5.32 Å². The number of rotatable bonds is 3. The van der Waals surface area contributed by atoms with E-state index in [4.69, 9.17) is 0 Å². The number of thiophene rings is 1. The molecule has 0 saturated carbocycles. The minimum atomic E-state index is -0.508. The van der Waals surface area contributed by atoms with Gasteiger partial charge in [0, 0.05) is 16.3 Å². The van der Waals surface area contributed by atoms with Crippen molar-refractivity contribution in [3.63, 3.8) is 0 Å². The monoisotopic (exact) mass is 253 g/mol. The van der Waals surface area contributed by atoms with Gasteiger partial charge in [0.1, 0.15) is 11.6 Å². The summed E-state index contributed by atoms with van der Waals surface area (Å²) in [6.45, 7) is 2.35.